The first-order valence-electron chi connectivity index (χ1n) is 7.26. The molecule has 0 saturated heterocycles. The molecule has 0 radical (unpaired) electrons. The van der Waals surface area contributed by atoms with Crippen molar-refractivity contribution < 1.29 is 9.59 Å². The molecule has 4 rings (SSSR count). The Balaban J connectivity index is 2.04. The molecule has 3 aromatic rings. The van der Waals surface area contributed by atoms with Crippen molar-refractivity contribution in [3.8, 4) is 16.9 Å². The maximum atomic E-state index is 12.4. The van der Waals surface area contributed by atoms with Crippen LogP contribution in [-0.4, -0.2) is 21.3 Å². The quantitative estimate of drug-likeness (QED) is 0.728. The van der Waals surface area contributed by atoms with Crippen LogP contribution in [0.15, 0.2) is 72.8 Å². The predicted octanol–water partition coefficient (Wildman–Crippen LogP) is 3.47. The van der Waals surface area contributed by atoms with Crippen LogP contribution in [0.5, 0.6) is 0 Å². The molecule has 0 saturated carbocycles. The lowest BCUT2D eigenvalue weighted by atomic mass is 9.96. The molecule has 0 aliphatic heterocycles. The Bertz CT molecular complexity index is 862. The Kier molecular flexibility index (Phi) is 3.01. The summed E-state index contributed by atoms with van der Waals surface area (Å²) in [5.41, 5.74) is 2.79. The summed E-state index contributed by atoms with van der Waals surface area (Å²) in [5.74, 6) is -0.404. The van der Waals surface area contributed by atoms with E-state index in [9.17, 15) is 9.59 Å². The van der Waals surface area contributed by atoms with Crippen molar-refractivity contribution in [1.82, 2.24) is 9.78 Å². The van der Waals surface area contributed by atoms with Crippen molar-refractivity contribution in [2.24, 2.45) is 0 Å². The first kappa shape index (κ1) is 13.4. The van der Waals surface area contributed by atoms with Gasteiger partial charge in [-0.15, -0.1) is 0 Å². The zero-order valence-corrected chi connectivity index (χ0v) is 12.1. The topological polar surface area (TPSA) is 52.0 Å². The van der Waals surface area contributed by atoms with E-state index in [1.165, 1.54) is 12.2 Å². The molecular weight excluding hydrogens is 288 g/mol. The second-order valence-electron chi connectivity index (χ2n) is 5.25. The molecule has 2 aromatic carbocycles. The monoisotopic (exact) mass is 300 g/mol. The maximum Gasteiger partial charge on any atom is 0.205 e. The fourth-order valence-electron chi connectivity index (χ4n) is 2.75. The Morgan fingerprint density at radius 3 is 2.04 bits per heavy atom. The number of ketones is 2. The third kappa shape index (κ3) is 2.12. The van der Waals surface area contributed by atoms with Gasteiger partial charge in [0.15, 0.2) is 5.78 Å². The molecule has 1 heterocycles. The van der Waals surface area contributed by atoms with E-state index in [4.69, 9.17) is 0 Å². The van der Waals surface area contributed by atoms with Gasteiger partial charge in [-0.25, -0.2) is 4.68 Å². The Hall–Kier alpha value is -3.27. The smallest absolute Gasteiger partial charge is 0.205 e. The summed E-state index contributed by atoms with van der Waals surface area (Å²) in [5, 5.41) is 4.57. The highest BCUT2D eigenvalue weighted by atomic mass is 16.1. The lowest BCUT2D eigenvalue weighted by molar-refractivity contribution is 0.0990. The normalized spacial score (nSPS) is 13.2. The van der Waals surface area contributed by atoms with E-state index in [1.54, 1.807) is 4.68 Å². The van der Waals surface area contributed by atoms with E-state index in [0.29, 0.717) is 17.0 Å². The number of aromatic nitrogens is 2. The number of carbonyl (C=O) groups is 2. The molecule has 0 N–H and O–H groups in total. The molecule has 0 fully saturated rings. The molecule has 1 aliphatic carbocycles. The first-order valence-corrected chi connectivity index (χ1v) is 7.26. The van der Waals surface area contributed by atoms with Crippen LogP contribution in [0.3, 0.4) is 0 Å². The van der Waals surface area contributed by atoms with Crippen LogP contribution in [0.1, 0.15) is 20.8 Å². The van der Waals surface area contributed by atoms with E-state index in [2.05, 4.69) is 5.10 Å². The molecule has 0 atom stereocenters. The Morgan fingerprint density at radius 2 is 1.35 bits per heavy atom. The van der Waals surface area contributed by atoms with Crippen LogP contribution in [0.25, 0.3) is 16.9 Å². The maximum absolute atomic E-state index is 12.4. The third-order valence-corrected chi connectivity index (χ3v) is 3.80. The number of para-hydroxylation sites is 1. The van der Waals surface area contributed by atoms with Gasteiger partial charge in [0, 0.05) is 5.56 Å². The highest BCUT2D eigenvalue weighted by Gasteiger charge is 2.30. The molecule has 4 heteroatoms. The van der Waals surface area contributed by atoms with E-state index in [1.807, 2.05) is 60.7 Å². The number of rotatable bonds is 2. The molecule has 0 bridgehead atoms. The lowest BCUT2D eigenvalue weighted by Crippen LogP contribution is -2.15. The molecule has 110 valence electrons. The van der Waals surface area contributed by atoms with Crippen LogP contribution >= 0.6 is 0 Å². The number of hydrogen-bond donors (Lipinski definition) is 0. The first-order chi connectivity index (χ1) is 11.3. The van der Waals surface area contributed by atoms with Crippen molar-refractivity contribution in [2.75, 3.05) is 0 Å². The third-order valence-electron chi connectivity index (χ3n) is 3.80. The van der Waals surface area contributed by atoms with Crippen molar-refractivity contribution in [3.05, 3.63) is 84.1 Å². The van der Waals surface area contributed by atoms with Gasteiger partial charge >= 0.3 is 0 Å². The van der Waals surface area contributed by atoms with Gasteiger partial charge in [-0.3, -0.25) is 9.59 Å². The van der Waals surface area contributed by atoms with Crippen LogP contribution in [0.2, 0.25) is 0 Å². The number of hydrogen-bond acceptors (Lipinski definition) is 3. The van der Waals surface area contributed by atoms with Gasteiger partial charge in [0.05, 0.1) is 11.3 Å². The number of carbonyl (C=O) groups excluding carboxylic acids is 2. The predicted molar refractivity (Wildman–Crippen MR) is 86.8 cm³/mol. The Morgan fingerprint density at radius 1 is 0.739 bits per heavy atom. The minimum absolute atomic E-state index is 0.194. The number of benzene rings is 2. The standard InChI is InChI=1S/C19H12N2O2/c22-15-11-12-16(23)19-17(15)18(13-7-3-1-4-8-13)20-21(19)14-9-5-2-6-10-14/h1-12H. The average Bonchev–Trinajstić information content (AvgIpc) is 3.02. The molecule has 0 amide bonds. The van der Waals surface area contributed by atoms with Gasteiger partial charge in [-0.2, -0.15) is 5.10 Å². The average molecular weight is 300 g/mol. The van der Waals surface area contributed by atoms with Crippen LogP contribution in [0.4, 0.5) is 0 Å². The zero-order valence-electron chi connectivity index (χ0n) is 12.1. The summed E-state index contributed by atoms with van der Waals surface area (Å²) in [7, 11) is 0. The summed E-state index contributed by atoms with van der Waals surface area (Å²) < 4.78 is 1.56. The van der Waals surface area contributed by atoms with Crippen LogP contribution in [-0.2, 0) is 0 Å². The fourth-order valence-corrected chi connectivity index (χ4v) is 2.75. The van der Waals surface area contributed by atoms with Crippen molar-refractivity contribution in [3.63, 3.8) is 0 Å². The van der Waals surface area contributed by atoms with Crippen molar-refractivity contribution >= 4 is 11.6 Å². The van der Waals surface area contributed by atoms with Crippen molar-refractivity contribution in [2.45, 2.75) is 0 Å². The van der Waals surface area contributed by atoms with Crippen LogP contribution < -0.4 is 0 Å². The molecule has 4 nitrogen and oxygen atoms in total. The molecule has 0 unspecified atom stereocenters. The van der Waals surface area contributed by atoms with E-state index in [0.717, 1.165) is 11.3 Å². The largest absolute Gasteiger partial charge is 0.289 e. The SMILES string of the molecule is O=C1C=CC(=O)c2c1c(-c1ccccc1)nn2-c1ccccc1. The second-order valence-corrected chi connectivity index (χ2v) is 5.25. The van der Waals surface area contributed by atoms with Gasteiger partial charge < -0.3 is 0 Å². The van der Waals surface area contributed by atoms with E-state index < -0.39 is 0 Å². The highest BCUT2D eigenvalue weighted by molar-refractivity contribution is 6.23. The minimum atomic E-state index is -0.210. The summed E-state index contributed by atoms with van der Waals surface area (Å²) in [6.07, 6.45) is 2.62. The molecule has 1 aromatic heterocycles. The molecular formula is C19H12N2O2. The fraction of sp³-hybridized carbons (Fsp3) is 0. The van der Waals surface area contributed by atoms with E-state index >= 15 is 0 Å². The molecule has 23 heavy (non-hydrogen) atoms. The number of nitrogens with zero attached hydrogens (tertiary/aromatic N) is 2. The number of fused-ring (bicyclic) bond motifs is 1. The van der Waals surface area contributed by atoms with Crippen LogP contribution in [0, 0.1) is 0 Å². The zero-order chi connectivity index (χ0) is 15.8. The van der Waals surface area contributed by atoms with Crippen molar-refractivity contribution in [1.29, 1.82) is 0 Å². The Labute approximate surface area is 132 Å². The summed E-state index contributed by atoms with van der Waals surface area (Å²) in [4.78, 5) is 24.7. The summed E-state index contributed by atoms with van der Waals surface area (Å²) in [6, 6.07) is 18.8. The summed E-state index contributed by atoms with van der Waals surface area (Å²) in [6.45, 7) is 0. The van der Waals surface area contributed by atoms with Gasteiger partial charge in [0.1, 0.15) is 11.4 Å². The number of allylic oxidation sites excluding steroid dienone is 2. The van der Waals surface area contributed by atoms with Gasteiger partial charge in [0.2, 0.25) is 5.78 Å². The summed E-state index contributed by atoms with van der Waals surface area (Å²) >= 11 is 0. The lowest BCUT2D eigenvalue weighted by Gasteiger charge is -2.08. The molecule has 0 spiro atoms. The second kappa shape index (κ2) is 5.18. The van der Waals surface area contributed by atoms with Gasteiger partial charge in [-0.05, 0) is 24.3 Å². The highest BCUT2D eigenvalue weighted by Crippen LogP contribution is 2.30. The minimum Gasteiger partial charge on any atom is -0.289 e. The van der Waals surface area contributed by atoms with Gasteiger partial charge in [-0.1, -0.05) is 48.5 Å². The van der Waals surface area contributed by atoms with E-state index in [-0.39, 0.29) is 11.6 Å². The molecule has 1 aliphatic rings. The van der Waals surface area contributed by atoms with Gasteiger partial charge in [0.25, 0.3) is 0 Å².